The highest BCUT2D eigenvalue weighted by Crippen LogP contribution is 2.41. The van der Waals surface area contributed by atoms with E-state index in [1.54, 1.807) is 5.57 Å². The maximum Gasteiger partial charge on any atom is 0.0273 e. The Labute approximate surface area is 143 Å². The molecule has 0 saturated carbocycles. The molecule has 0 radical (unpaired) electrons. The Kier molecular flexibility index (Phi) is 3.96. The first-order valence-electron chi connectivity index (χ1n) is 8.50. The van der Waals surface area contributed by atoms with E-state index < -0.39 is 0 Å². The zero-order valence-corrected chi connectivity index (χ0v) is 14.6. The van der Waals surface area contributed by atoms with E-state index in [0.29, 0.717) is 0 Å². The summed E-state index contributed by atoms with van der Waals surface area (Å²) < 4.78 is 0. The lowest BCUT2D eigenvalue weighted by molar-refractivity contribution is 0.313. The normalized spacial score (nSPS) is 18.3. The van der Waals surface area contributed by atoms with E-state index in [0.717, 1.165) is 12.8 Å². The molecule has 1 fully saturated rings. The largest absolute Gasteiger partial charge is 0.306 e. The van der Waals surface area contributed by atoms with Crippen molar-refractivity contribution in [3.05, 3.63) is 68.9 Å². The lowest BCUT2D eigenvalue weighted by Gasteiger charge is -2.27. The molecule has 0 atom stereocenters. The van der Waals surface area contributed by atoms with Crippen molar-refractivity contribution < 1.29 is 0 Å². The molecule has 0 bridgehead atoms. The first-order chi connectivity index (χ1) is 11.3. The highest BCUT2D eigenvalue weighted by Gasteiger charge is 2.24. The molecule has 2 aliphatic rings. The smallest absolute Gasteiger partial charge is 0.0273 e. The standard InChI is InChI=1S/C21H23NS/c1-3-17-14-19-20(23-17)9-8-15-6-4-5-7-18(15)21(19)16-10-12-22(2)13-11-16/h3-7,14H,1,8-13H2,2H3. The van der Waals surface area contributed by atoms with Gasteiger partial charge in [0, 0.05) is 22.8 Å². The zero-order valence-electron chi connectivity index (χ0n) is 13.8. The van der Waals surface area contributed by atoms with E-state index in [-0.39, 0.29) is 0 Å². The van der Waals surface area contributed by atoms with Crippen LogP contribution >= 0.6 is 11.3 Å². The van der Waals surface area contributed by atoms with Gasteiger partial charge in [0.2, 0.25) is 0 Å². The molecule has 0 N–H and O–H groups in total. The van der Waals surface area contributed by atoms with Gasteiger partial charge in [-0.1, -0.05) is 42.5 Å². The predicted molar refractivity (Wildman–Crippen MR) is 101 cm³/mol. The average Bonchev–Trinajstić information content (AvgIpc) is 2.92. The van der Waals surface area contributed by atoms with E-state index in [1.807, 2.05) is 17.4 Å². The Hall–Kier alpha value is -1.64. The Bertz CT molecular complexity index is 771. The fourth-order valence-electron chi connectivity index (χ4n) is 3.84. The van der Waals surface area contributed by atoms with Crippen LogP contribution in [0.2, 0.25) is 0 Å². The van der Waals surface area contributed by atoms with E-state index >= 15 is 0 Å². The number of thiophene rings is 1. The molecular weight excluding hydrogens is 298 g/mol. The molecule has 2 heteroatoms. The molecule has 2 heterocycles. The van der Waals surface area contributed by atoms with Crippen molar-refractivity contribution in [2.45, 2.75) is 25.7 Å². The van der Waals surface area contributed by atoms with Gasteiger partial charge in [-0.2, -0.15) is 0 Å². The topological polar surface area (TPSA) is 3.24 Å². The molecule has 118 valence electrons. The number of hydrogen-bond donors (Lipinski definition) is 0. The third-order valence-corrected chi connectivity index (χ3v) is 6.34. The fraction of sp³-hybridized carbons (Fsp3) is 0.333. The monoisotopic (exact) mass is 321 g/mol. The van der Waals surface area contributed by atoms with Crippen molar-refractivity contribution in [3.8, 4) is 0 Å². The third kappa shape index (κ3) is 2.71. The van der Waals surface area contributed by atoms with Crippen LogP contribution in [0.3, 0.4) is 0 Å². The Balaban J connectivity index is 1.93. The number of piperidine rings is 1. The van der Waals surface area contributed by atoms with Crippen LogP contribution in [-0.2, 0) is 12.8 Å². The number of likely N-dealkylation sites (tertiary alicyclic amines) is 1. The average molecular weight is 321 g/mol. The number of rotatable bonds is 1. The summed E-state index contributed by atoms with van der Waals surface area (Å²) in [4.78, 5) is 5.29. The number of benzene rings is 1. The highest BCUT2D eigenvalue weighted by atomic mass is 32.1. The van der Waals surface area contributed by atoms with Crippen LogP contribution in [-0.4, -0.2) is 25.0 Å². The van der Waals surface area contributed by atoms with Crippen molar-refractivity contribution in [2.24, 2.45) is 0 Å². The van der Waals surface area contributed by atoms with Crippen molar-refractivity contribution in [3.63, 3.8) is 0 Å². The van der Waals surface area contributed by atoms with E-state index in [2.05, 4.69) is 48.9 Å². The molecule has 1 aromatic heterocycles. The van der Waals surface area contributed by atoms with Crippen LogP contribution in [0.25, 0.3) is 11.6 Å². The van der Waals surface area contributed by atoms with Gasteiger partial charge in [-0.15, -0.1) is 11.3 Å². The predicted octanol–water partition coefficient (Wildman–Crippen LogP) is 5.02. The highest BCUT2D eigenvalue weighted by molar-refractivity contribution is 7.13. The summed E-state index contributed by atoms with van der Waals surface area (Å²) in [6.45, 7) is 6.33. The summed E-state index contributed by atoms with van der Waals surface area (Å²) in [5.41, 5.74) is 7.64. The number of hydrogen-bond acceptors (Lipinski definition) is 2. The van der Waals surface area contributed by atoms with Crippen LogP contribution in [0.5, 0.6) is 0 Å². The third-order valence-electron chi connectivity index (χ3n) is 5.15. The molecule has 4 rings (SSSR count). The maximum atomic E-state index is 3.98. The molecule has 1 saturated heterocycles. The Morgan fingerprint density at radius 2 is 1.83 bits per heavy atom. The van der Waals surface area contributed by atoms with E-state index in [4.69, 9.17) is 0 Å². The van der Waals surface area contributed by atoms with Crippen LogP contribution in [0.4, 0.5) is 0 Å². The first-order valence-corrected chi connectivity index (χ1v) is 9.32. The summed E-state index contributed by atoms with van der Waals surface area (Å²) in [6.07, 6.45) is 6.69. The summed E-state index contributed by atoms with van der Waals surface area (Å²) in [5, 5.41) is 0. The molecule has 1 aliphatic heterocycles. The van der Waals surface area contributed by atoms with Gasteiger partial charge < -0.3 is 4.90 Å². The molecule has 1 aliphatic carbocycles. The van der Waals surface area contributed by atoms with Crippen molar-refractivity contribution in [2.75, 3.05) is 20.1 Å². The second kappa shape index (κ2) is 6.10. The van der Waals surface area contributed by atoms with Gasteiger partial charge in [0.25, 0.3) is 0 Å². The molecule has 0 unspecified atom stereocenters. The molecule has 1 nitrogen and oxygen atoms in total. The van der Waals surface area contributed by atoms with Crippen LogP contribution in [0.1, 0.15) is 39.3 Å². The van der Waals surface area contributed by atoms with Gasteiger partial charge >= 0.3 is 0 Å². The zero-order chi connectivity index (χ0) is 15.8. The van der Waals surface area contributed by atoms with Gasteiger partial charge in [-0.25, -0.2) is 0 Å². The summed E-state index contributed by atoms with van der Waals surface area (Å²) in [5.74, 6) is 0. The van der Waals surface area contributed by atoms with Crippen molar-refractivity contribution in [1.82, 2.24) is 4.90 Å². The number of aryl methyl sites for hydroxylation is 2. The minimum atomic E-state index is 1.15. The quantitative estimate of drug-likeness (QED) is 0.713. The SMILES string of the molecule is C=Cc1cc2c(s1)CCc1ccccc1C2=C1CCN(C)CC1. The van der Waals surface area contributed by atoms with Crippen LogP contribution in [0.15, 0.2) is 42.5 Å². The molecule has 1 aromatic carbocycles. The van der Waals surface area contributed by atoms with Crippen molar-refractivity contribution >= 4 is 23.0 Å². The van der Waals surface area contributed by atoms with E-state index in [1.165, 1.54) is 57.9 Å². The molecule has 23 heavy (non-hydrogen) atoms. The minimum absolute atomic E-state index is 1.15. The lowest BCUT2D eigenvalue weighted by atomic mass is 9.87. The maximum absolute atomic E-state index is 3.98. The lowest BCUT2D eigenvalue weighted by Crippen LogP contribution is -2.27. The number of fused-ring (bicyclic) bond motifs is 2. The second-order valence-electron chi connectivity index (χ2n) is 6.63. The van der Waals surface area contributed by atoms with Gasteiger partial charge in [0.1, 0.15) is 0 Å². The van der Waals surface area contributed by atoms with Gasteiger partial charge in [-0.05, 0) is 61.1 Å². The fourth-order valence-corrected chi connectivity index (χ4v) is 4.86. The first kappa shape index (κ1) is 14.9. The van der Waals surface area contributed by atoms with Crippen LogP contribution < -0.4 is 0 Å². The van der Waals surface area contributed by atoms with E-state index in [9.17, 15) is 0 Å². The van der Waals surface area contributed by atoms with Gasteiger partial charge in [0.15, 0.2) is 0 Å². The summed E-state index contributed by atoms with van der Waals surface area (Å²) in [7, 11) is 2.23. The van der Waals surface area contributed by atoms with Crippen LogP contribution in [0, 0.1) is 0 Å². The van der Waals surface area contributed by atoms with Gasteiger partial charge in [0.05, 0.1) is 0 Å². The number of nitrogens with zero attached hydrogens (tertiary/aromatic N) is 1. The van der Waals surface area contributed by atoms with Gasteiger partial charge in [-0.3, -0.25) is 0 Å². The molecule has 2 aromatic rings. The minimum Gasteiger partial charge on any atom is -0.306 e. The Morgan fingerprint density at radius 3 is 2.61 bits per heavy atom. The second-order valence-corrected chi connectivity index (χ2v) is 7.80. The molecular formula is C21H23NS. The molecule has 0 amide bonds. The van der Waals surface area contributed by atoms with Crippen molar-refractivity contribution in [1.29, 1.82) is 0 Å². The summed E-state index contributed by atoms with van der Waals surface area (Å²) >= 11 is 1.92. The molecule has 0 spiro atoms. The summed E-state index contributed by atoms with van der Waals surface area (Å²) in [6, 6.07) is 11.4. The Morgan fingerprint density at radius 1 is 1.04 bits per heavy atom.